The van der Waals surface area contributed by atoms with Gasteiger partial charge in [-0.1, -0.05) is 11.3 Å². The zero-order valence-electron chi connectivity index (χ0n) is 13.4. The Hall–Kier alpha value is -2.40. The van der Waals surface area contributed by atoms with E-state index in [0.717, 1.165) is 36.8 Å². The summed E-state index contributed by atoms with van der Waals surface area (Å²) in [6, 6.07) is 3.44. The maximum Gasteiger partial charge on any atom is 0.573 e. The molecular formula is C15H15F3N4O3S. The van der Waals surface area contributed by atoms with Gasteiger partial charge in [0.05, 0.1) is 22.8 Å². The molecule has 2 aromatic rings. The molecule has 2 heterocycles. The van der Waals surface area contributed by atoms with Crippen LogP contribution in [0.3, 0.4) is 0 Å². The van der Waals surface area contributed by atoms with Crippen LogP contribution in [0.25, 0.3) is 10.2 Å². The van der Waals surface area contributed by atoms with E-state index in [1.807, 2.05) is 0 Å². The monoisotopic (exact) mass is 388 g/mol. The van der Waals surface area contributed by atoms with Gasteiger partial charge >= 0.3 is 6.36 Å². The largest absolute Gasteiger partial charge is 0.573 e. The van der Waals surface area contributed by atoms with Gasteiger partial charge in [-0.05, 0) is 31.5 Å². The van der Waals surface area contributed by atoms with Gasteiger partial charge in [0, 0.05) is 6.07 Å². The van der Waals surface area contributed by atoms with Crippen molar-refractivity contribution in [2.45, 2.75) is 25.2 Å². The fraction of sp³-hybridized carbons (Fsp3) is 0.400. The highest BCUT2D eigenvalue weighted by atomic mass is 32.1. The van der Waals surface area contributed by atoms with Gasteiger partial charge in [0.15, 0.2) is 5.13 Å². The average molecular weight is 388 g/mol. The molecule has 1 aliphatic heterocycles. The summed E-state index contributed by atoms with van der Waals surface area (Å²) in [4.78, 5) is 27.9. The number of anilines is 1. The summed E-state index contributed by atoms with van der Waals surface area (Å²) in [6.07, 6.45) is -3.13. The van der Waals surface area contributed by atoms with E-state index in [4.69, 9.17) is 0 Å². The molecule has 1 aromatic heterocycles. The molecule has 3 rings (SSSR count). The quantitative estimate of drug-likeness (QED) is 0.729. The summed E-state index contributed by atoms with van der Waals surface area (Å²) in [5, 5.41) is 8.29. The summed E-state index contributed by atoms with van der Waals surface area (Å²) >= 11 is 1.01. The van der Waals surface area contributed by atoms with Gasteiger partial charge in [0.1, 0.15) is 5.75 Å². The van der Waals surface area contributed by atoms with E-state index in [0.29, 0.717) is 10.2 Å². The lowest BCUT2D eigenvalue weighted by molar-refractivity contribution is -0.274. The van der Waals surface area contributed by atoms with Crippen molar-refractivity contribution in [3.05, 3.63) is 18.2 Å². The molecule has 1 fully saturated rings. The van der Waals surface area contributed by atoms with Crippen LogP contribution in [0.1, 0.15) is 12.8 Å². The van der Waals surface area contributed by atoms with Crippen LogP contribution in [0, 0.1) is 0 Å². The third-order valence-corrected chi connectivity index (χ3v) is 4.57. The minimum absolute atomic E-state index is 0.213. The number of aromatic nitrogens is 1. The minimum atomic E-state index is -4.78. The van der Waals surface area contributed by atoms with Crippen molar-refractivity contribution in [2.24, 2.45) is 0 Å². The van der Waals surface area contributed by atoms with Crippen LogP contribution in [0.2, 0.25) is 0 Å². The maximum absolute atomic E-state index is 12.3. The molecular weight excluding hydrogens is 373 g/mol. The number of nitrogens with zero attached hydrogens (tertiary/aromatic N) is 1. The molecule has 1 atom stereocenters. The number of nitrogens with one attached hydrogen (secondary N) is 3. The first-order valence-corrected chi connectivity index (χ1v) is 8.59. The predicted molar refractivity (Wildman–Crippen MR) is 89.0 cm³/mol. The van der Waals surface area contributed by atoms with Gasteiger partial charge in [-0.3, -0.25) is 9.59 Å². The molecule has 7 nitrogen and oxygen atoms in total. The van der Waals surface area contributed by atoms with Crippen molar-refractivity contribution in [3.63, 3.8) is 0 Å². The second-order valence-electron chi connectivity index (χ2n) is 5.61. The number of carbonyl (C=O) groups excluding carboxylic acids is 2. The van der Waals surface area contributed by atoms with Crippen molar-refractivity contribution in [1.82, 2.24) is 15.6 Å². The molecule has 0 unspecified atom stereocenters. The Bertz CT molecular complexity index is 818. The van der Waals surface area contributed by atoms with Gasteiger partial charge in [0.25, 0.3) is 0 Å². The first-order valence-electron chi connectivity index (χ1n) is 7.77. The topological polar surface area (TPSA) is 92.4 Å². The normalized spacial score (nSPS) is 17.3. The maximum atomic E-state index is 12.3. The van der Waals surface area contributed by atoms with E-state index >= 15 is 0 Å². The number of benzene rings is 1. The van der Waals surface area contributed by atoms with Gasteiger partial charge in [-0.15, -0.1) is 13.2 Å². The molecule has 2 amide bonds. The highest BCUT2D eigenvalue weighted by Crippen LogP contribution is 2.31. The highest BCUT2D eigenvalue weighted by molar-refractivity contribution is 7.22. The predicted octanol–water partition coefficient (Wildman–Crippen LogP) is 2.00. The first-order chi connectivity index (χ1) is 12.3. The lowest BCUT2D eigenvalue weighted by atomic mass is 10.2. The lowest BCUT2D eigenvalue weighted by Crippen LogP contribution is -2.43. The molecule has 140 valence electrons. The summed E-state index contributed by atoms with van der Waals surface area (Å²) in [6.45, 7) is 0.561. The van der Waals surface area contributed by atoms with Crippen molar-refractivity contribution >= 4 is 38.5 Å². The second-order valence-corrected chi connectivity index (χ2v) is 6.64. The van der Waals surface area contributed by atoms with Gasteiger partial charge in [-0.25, -0.2) is 4.98 Å². The molecule has 0 spiro atoms. The van der Waals surface area contributed by atoms with Crippen molar-refractivity contribution in [2.75, 3.05) is 18.4 Å². The zero-order valence-corrected chi connectivity index (χ0v) is 14.2. The number of hydrogen-bond acceptors (Lipinski definition) is 6. The summed E-state index contributed by atoms with van der Waals surface area (Å²) in [7, 11) is 0. The Morgan fingerprint density at radius 2 is 2.19 bits per heavy atom. The summed E-state index contributed by atoms with van der Waals surface area (Å²) < 4.78 is 41.0. The number of fused-ring (bicyclic) bond motifs is 1. The first kappa shape index (κ1) is 18.4. The molecule has 0 radical (unpaired) electrons. The smallest absolute Gasteiger partial charge is 0.406 e. The third kappa shape index (κ3) is 4.82. The Kier molecular flexibility index (Phi) is 5.28. The number of hydrogen-bond donors (Lipinski definition) is 3. The van der Waals surface area contributed by atoms with Gasteiger partial charge in [0.2, 0.25) is 11.8 Å². The molecule has 0 aliphatic carbocycles. The zero-order chi connectivity index (χ0) is 18.7. The summed E-state index contributed by atoms with van der Waals surface area (Å²) in [5.41, 5.74) is 0.430. The Balaban J connectivity index is 1.57. The summed E-state index contributed by atoms with van der Waals surface area (Å²) in [5.74, 6) is -1.07. The fourth-order valence-electron chi connectivity index (χ4n) is 2.52. The fourth-order valence-corrected chi connectivity index (χ4v) is 3.43. The molecule has 3 N–H and O–H groups in total. The van der Waals surface area contributed by atoms with Crippen molar-refractivity contribution < 1.29 is 27.5 Å². The number of rotatable bonds is 5. The van der Waals surface area contributed by atoms with Gasteiger partial charge < -0.3 is 20.7 Å². The molecule has 0 bridgehead atoms. The van der Waals surface area contributed by atoms with Crippen LogP contribution in [-0.2, 0) is 9.59 Å². The molecule has 1 aliphatic rings. The van der Waals surface area contributed by atoms with E-state index in [1.165, 1.54) is 12.1 Å². The van der Waals surface area contributed by atoms with Crippen LogP contribution in [0.5, 0.6) is 5.75 Å². The van der Waals surface area contributed by atoms with E-state index < -0.39 is 12.3 Å². The van der Waals surface area contributed by atoms with E-state index in [-0.39, 0.29) is 29.4 Å². The van der Waals surface area contributed by atoms with Crippen molar-refractivity contribution in [3.8, 4) is 5.75 Å². The van der Waals surface area contributed by atoms with Crippen LogP contribution in [0.15, 0.2) is 18.2 Å². The number of ether oxygens (including phenoxy) is 1. The average Bonchev–Trinajstić information content (AvgIpc) is 3.19. The number of thiazole rings is 1. The molecule has 1 aromatic carbocycles. The number of carbonyl (C=O) groups is 2. The second kappa shape index (κ2) is 7.46. The van der Waals surface area contributed by atoms with Gasteiger partial charge in [-0.2, -0.15) is 0 Å². The van der Waals surface area contributed by atoms with E-state index in [9.17, 15) is 22.8 Å². The van der Waals surface area contributed by atoms with E-state index in [1.54, 1.807) is 0 Å². The lowest BCUT2D eigenvalue weighted by Gasteiger charge is -2.10. The minimum Gasteiger partial charge on any atom is -0.406 e. The van der Waals surface area contributed by atoms with Crippen LogP contribution in [-0.4, -0.2) is 42.3 Å². The molecule has 26 heavy (non-hydrogen) atoms. The SMILES string of the molecule is O=C(CNC(=O)[C@@H]1CCCN1)Nc1nc2ccc(OC(F)(F)F)cc2s1. The Morgan fingerprint density at radius 1 is 1.38 bits per heavy atom. The Labute approximate surface area is 149 Å². The van der Waals surface area contributed by atoms with Crippen LogP contribution in [0.4, 0.5) is 18.3 Å². The molecule has 1 saturated heterocycles. The van der Waals surface area contributed by atoms with E-state index in [2.05, 4.69) is 25.7 Å². The number of amides is 2. The third-order valence-electron chi connectivity index (χ3n) is 3.64. The van der Waals surface area contributed by atoms with Crippen LogP contribution < -0.4 is 20.7 Å². The number of alkyl halides is 3. The Morgan fingerprint density at radius 3 is 2.88 bits per heavy atom. The molecule has 11 heteroatoms. The molecule has 0 saturated carbocycles. The van der Waals surface area contributed by atoms with Crippen LogP contribution >= 0.6 is 11.3 Å². The van der Waals surface area contributed by atoms with Crippen molar-refractivity contribution in [1.29, 1.82) is 0 Å². The highest BCUT2D eigenvalue weighted by Gasteiger charge is 2.31. The standard InChI is InChI=1S/C15H15F3N4O3S/c16-15(17,18)25-8-3-4-9-11(6-8)26-14(21-9)22-12(23)7-20-13(24)10-2-1-5-19-10/h3-4,6,10,19H,1-2,5,7H2,(H,20,24)(H,21,22,23)/t10-/m0/s1. The number of halogens is 3.